The summed E-state index contributed by atoms with van der Waals surface area (Å²) < 4.78 is 0. The van der Waals surface area contributed by atoms with Crippen molar-refractivity contribution in [2.24, 2.45) is 0 Å². The number of carbonyl (C=O) groups is 1. The maximum Gasteiger partial charge on any atom is 0.182 e. The summed E-state index contributed by atoms with van der Waals surface area (Å²) in [7, 11) is 0. The van der Waals surface area contributed by atoms with E-state index in [0.717, 1.165) is 11.3 Å². The third-order valence-corrected chi connectivity index (χ3v) is 5.06. The number of hydrogen-bond acceptors (Lipinski definition) is 4. The van der Waals surface area contributed by atoms with Gasteiger partial charge in [0.05, 0.1) is 16.7 Å². The van der Waals surface area contributed by atoms with Crippen LogP contribution < -0.4 is 0 Å². The van der Waals surface area contributed by atoms with Crippen LogP contribution in [0.2, 0.25) is 0 Å². The van der Waals surface area contributed by atoms with Gasteiger partial charge in [0.15, 0.2) is 5.78 Å². The van der Waals surface area contributed by atoms with Gasteiger partial charge in [-0.05, 0) is 25.5 Å². The fraction of sp³-hybridized carbons (Fsp3) is 0.583. The third-order valence-electron chi connectivity index (χ3n) is 2.44. The van der Waals surface area contributed by atoms with E-state index in [1.54, 1.807) is 18.3 Å². The van der Waals surface area contributed by atoms with Gasteiger partial charge in [0.2, 0.25) is 0 Å². The molecular weight excluding hydrogens is 240 g/mol. The van der Waals surface area contributed by atoms with Crippen molar-refractivity contribution < 1.29 is 9.90 Å². The normalized spacial score (nSPS) is 14.8. The van der Waals surface area contributed by atoms with Crippen LogP contribution in [0.15, 0.2) is 12.1 Å². The number of hydrogen-bond donors (Lipinski definition) is 1. The van der Waals surface area contributed by atoms with Crippen molar-refractivity contribution >= 4 is 28.9 Å². The summed E-state index contributed by atoms with van der Waals surface area (Å²) >= 11 is 3.09. The average molecular weight is 258 g/mol. The molecule has 90 valence electrons. The maximum absolute atomic E-state index is 11.8. The van der Waals surface area contributed by atoms with Crippen molar-refractivity contribution in [3.63, 3.8) is 0 Å². The molecule has 2 unspecified atom stereocenters. The summed E-state index contributed by atoms with van der Waals surface area (Å²) in [5.41, 5.74) is 0. The third kappa shape index (κ3) is 3.92. The fourth-order valence-corrected chi connectivity index (χ4v) is 2.96. The van der Waals surface area contributed by atoms with Gasteiger partial charge in [0.1, 0.15) is 0 Å². The molecule has 1 N–H and O–H groups in total. The van der Waals surface area contributed by atoms with Gasteiger partial charge in [-0.25, -0.2) is 0 Å². The molecule has 0 bridgehead atoms. The molecule has 0 saturated carbocycles. The van der Waals surface area contributed by atoms with Gasteiger partial charge in [0.25, 0.3) is 0 Å². The molecule has 0 radical (unpaired) electrons. The minimum Gasteiger partial charge on any atom is -0.392 e. The standard InChI is InChI=1S/C12H18O2S2/c1-4-10-5-6-12(16-10)11(14)7-15-9(3)8(2)13/h5-6,8-9,13H,4,7H2,1-3H3. The van der Waals surface area contributed by atoms with Crippen LogP contribution in [0.1, 0.15) is 35.3 Å². The Morgan fingerprint density at radius 3 is 2.69 bits per heavy atom. The lowest BCUT2D eigenvalue weighted by molar-refractivity contribution is 0.102. The summed E-state index contributed by atoms with van der Waals surface area (Å²) in [6.07, 6.45) is 0.613. The van der Waals surface area contributed by atoms with Crippen LogP contribution in [-0.2, 0) is 6.42 Å². The second kappa shape index (κ2) is 6.42. The van der Waals surface area contributed by atoms with Crippen molar-refractivity contribution in [3.8, 4) is 0 Å². The van der Waals surface area contributed by atoms with Gasteiger partial charge >= 0.3 is 0 Å². The van der Waals surface area contributed by atoms with Crippen LogP contribution in [0.3, 0.4) is 0 Å². The topological polar surface area (TPSA) is 37.3 Å². The highest BCUT2D eigenvalue weighted by atomic mass is 32.2. The summed E-state index contributed by atoms with van der Waals surface area (Å²) in [6, 6.07) is 3.92. The van der Waals surface area contributed by atoms with E-state index < -0.39 is 0 Å². The first-order valence-electron chi connectivity index (χ1n) is 5.46. The molecule has 0 aliphatic rings. The minimum absolute atomic E-state index is 0.106. The number of rotatable bonds is 6. The van der Waals surface area contributed by atoms with Crippen molar-refractivity contribution in [2.45, 2.75) is 38.5 Å². The first-order chi connectivity index (χ1) is 7.54. The number of aliphatic hydroxyl groups excluding tert-OH is 1. The SMILES string of the molecule is CCc1ccc(C(=O)CSC(C)C(C)O)s1. The predicted molar refractivity (Wildman–Crippen MR) is 71.6 cm³/mol. The van der Waals surface area contributed by atoms with Gasteiger partial charge in [-0.3, -0.25) is 4.79 Å². The molecule has 0 amide bonds. The smallest absolute Gasteiger partial charge is 0.182 e. The lowest BCUT2D eigenvalue weighted by Gasteiger charge is -2.12. The van der Waals surface area contributed by atoms with E-state index in [9.17, 15) is 9.90 Å². The zero-order valence-electron chi connectivity index (χ0n) is 9.90. The van der Waals surface area contributed by atoms with Crippen molar-refractivity contribution in [3.05, 3.63) is 21.9 Å². The molecule has 0 saturated heterocycles. The van der Waals surface area contributed by atoms with Crippen molar-refractivity contribution in [1.29, 1.82) is 0 Å². The molecule has 2 nitrogen and oxygen atoms in total. The molecule has 0 aliphatic heterocycles. The largest absolute Gasteiger partial charge is 0.392 e. The van der Waals surface area contributed by atoms with E-state index in [0.29, 0.717) is 5.75 Å². The van der Waals surface area contributed by atoms with Crippen LogP contribution >= 0.6 is 23.1 Å². The van der Waals surface area contributed by atoms with E-state index in [4.69, 9.17) is 0 Å². The molecule has 1 rings (SSSR count). The number of Topliss-reactive ketones (excluding diaryl/α,β-unsaturated/α-hetero) is 1. The number of carbonyl (C=O) groups excluding carboxylic acids is 1. The summed E-state index contributed by atoms with van der Waals surface area (Å²) in [5, 5.41) is 9.42. The molecule has 4 heteroatoms. The lowest BCUT2D eigenvalue weighted by Crippen LogP contribution is -2.17. The highest BCUT2D eigenvalue weighted by Crippen LogP contribution is 2.21. The maximum atomic E-state index is 11.8. The van der Waals surface area contributed by atoms with E-state index in [1.807, 2.05) is 19.1 Å². The van der Waals surface area contributed by atoms with Crippen molar-refractivity contribution in [2.75, 3.05) is 5.75 Å². The molecule has 16 heavy (non-hydrogen) atoms. The Morgan fingerprint density at radius 2 is 2.19 bits per heavy atom. The molecule has 1 aromatic heterocycles. The van der Waals surface area contributed by atoms with Gasteiger partial charge < -0.3 is 5.11 Å². The number of ketones is 1. The van der Waals surface area contributed by atoms with Crippen LogP contribution in [0.25, 0.3) is 0 Å². The second-order valence-corrected chi connectivity index (χ2v) is 6.33. The zero-order valence-corrected chi connectivity index (χ0v) is 11.5. The van der Waals surface area contributed by atoms with Gasteiger partial charge in [-0.15, -0.1) is 23.1 Å². The average Bonchev–Trinajstić information content (AvgIpc) is 2.73. The second-order valence-electron chi connectivity index (χ2n) is 3.80. The Labute approximate surface area is 105 Å². The van der Waals surface area contributed by atoms with Crippen molar-refractivity contribution in [1.82, 2.24) is 0 Å². The number of aliphatic hydroxyl groups is 1. The monoisotopic (exact) mass is 258 g/mol. The highest BCUT2D eigenvalue weighted by molar-refractivity contribution is 8.00. The summed E-state index contributed by atoms with van der Waals surface area (Å²) in [6.45, 7) is 5.78. The van der Waals surface area contributed by atoms with Crippen LogP contribution in [0, 0.1) is 0 Å². The Balaban J connectivity index is 2.46. The van der Waals surface area contributed by atoms with E-state index >= 15 is 0 Å². The molecule has 1 aromatic rings. The highest BCUT2D eigenvalue weighted by Gasteiger charge is 2.14. The van der Waals surface area contributed by atoms with Gasteiger partial charge in [-0.2, -0.15) is 0 Å². The van der Waals surface area contributed by atoms with E-state index in [-0.39, 0.29) is 17.1 Å². The Hall–Kier alpha value is -0.320. The minimum atomic E-state index is -0.368. The van der Waals surface area contributed by atoms with E-state index in [1.165, 1.54) is 16.6 Å². The van der Waals surface area contributed by atoms with Gasteiger partial charge in [0, 0.05) is 10.1 Å². The van der Waals surface area contributed by atoms with Crippen LogP contribution in [-0.4, -0.2) is 28.0 Å². The predicted octanol–water partition coefficient (Wildman–Crippen LogP) is 3.00. The Morgan fingerprint density at radius 1 is 1.50 bits per heavy atom. The van der Waals surface area contributed by atoms with E-state index in [2.05, 4.69) is 6.92 Å². The number of thioether (sulfide) groups is 1. The lowest BCUT2D eigenvalue weighted by atomic mass is 10.3. The first-order valence-corrected chi connectivity index (χ1v) is 7.32. The molecule has 0 fully saturated rings. The number of thiophene rings is 1. The fourth-order valence-electron chi connectivity index (χ4n) is 1.14. The molecule has 0 aromatic carbocycles. The quantitative estimate of drug-likeness (QED) is 0.797. The zero-order chi connectivity index (χ0) is 12.1. The molecule has 0 spiro atoms. The van der Waals surface area contributed by atoms with Crippen LogP contribution in [0.4, 0.5) is 0 Å². The Kier molecular flexibility index (Phi) is 5.52. The molecule has 2 atom stereocenters. The van der Waals surface area contributed by atoms with Crippen LogP contribution in [0.5, 0.6) is 0 Å². The summed E-state index contributed by atoms with van der Waals surface area (Å²) in [4.78, 5) is 13.9. The first kappa shape index (κ1) is 13.7. The molecular formula is C12H18O2S2. The molecule has 1 heterocycles. The molecule has 0 aliphatic carbocycles. The Bertz CT molecular complexity index is 345. The van der Waals surface area contributed by atoms with Gasteiger partial charge in [-0.1, -0.05) is 13.8 Å². The number of aryl methyl sites for hydroxylation is 1. The summed E-state index contributed by atoms with van der Waals surface area (Å²) in [5.74, 6) is 0.623.